The summed E-state index contributed by atoms with van der Waals surface area (Å²) in [4.78, 5) is 0. The van der Waals surface area contributed by atoms with Gasteiger partial charge in [0.2, 0.25) is 0 Å². The zero-order chi connectivity index (χ0) is 7.40. The molecule has 0 aliphatic heterocycles. The number of phenols is 1. The SMILES string of the molecule is CCNc1ccc(O)cc1.Cl. The van der Waals surface area contributed by atoms with Crippen molar-refractivity contribution in [3.63, 3.8) is 0 Å². The lowest BCUT2D eigenvalue weighted by molar-refractivity contribution is 0.475. The predicted molar refractivity (Wildman–Crippen MR) is 49.5 cm³/mol. The van der Waals surface area contributed by atoms with Crippen LogP contribution in [0.4, 0.5) is 5.69 Å². The molecule has 62 valence electrons. The number of phenolic OH excluding ortho intramolecular Hbond substituents is 1. The van der Waals surface area contributed by atoms with Gasteiger partial charge in [-0.05, 0) is 31.2 Å². The molecule has 0 aliphatic carbocycles. The Morgan fingerprint density at radius 2 is 1.82 bits per heavy atom. The molecule has 1 rings (SSSR count). The van der Waals surface area contributed by atoms with E-state index in [1.165, 1.54) is 0 Å². The average Bonchev–Trinajstić information content (AvgIpc) is 1.95. The van der Waals surface area contributed by atoms with Gasteiger partial charge in [0.05, 0.1) is 0 Å². The smallest absolute Gasteiger partial charge is 0.115 e. The number of hydrogen-bond donors (Lipinski definition) is 2. The van der Waals surface area contributed by atoms with Crippen LogP contribution in [-0.2, 0) is 0 Å². The van der Waals surface area contributed by atoms with Crippen molar-refractivity contribution in [2.24, 2.45) is 0 Å². The van der Waals surface area contributed by atoms with Crippen molar-refractivity contribution in [2.45, 2.75) is 6.92 Å². The minimum Gasteiger partial charge on any atom is -0.508 e. The Balaban J connectivity index is 0.000001000. The summed E-state index contributed by atoms with van der Waals surface area (Å²) in [7, 11) is 0. The van der Waals surface area contributed by atoms with Crippen LogP contribution in [0.25, 0.3) is 0 Å². The van der Waals surface area contributed by atoms with Gasteiger partial charge in [-0.25, -0.2) is 0 Å². The van der Waals surface area contributed by atoms with E-state index in [-0.39, 0.29) is 12.4 Å². The lowest BCUT2D eigenvalue weighted by Crippen LogP contribution is -1.94. The third-order valence-electron chi connectivity index (χ3n) is 1.25. The van der Waals surface area contributed by atoms with E-state index in [1.807, 2.05) is 19.1 Å². The molecule has 2 N–H and O–H groups in total. The van der Waals surface area contributed by atoms with Gasteiger partial charge >= 0.3 is 0 Å². The van der Waals surface area contributed by atoms with Crippen LogP contribution in [0.2, 0.25) is 0 Å². The summed E-state index contributed by atoms with van der Waals surface area (Å²) in [5, 5.41) is 12.0. The first-order valence-electron chi connectivity index (χ1n) is 3.36. The van der Waals surface area contributed by atoms with E-state index in [4.69, 9.17) is 5.11 Å². The summed E-state index contributed by atoms with van der Waals surface area (Å²) in [5.41, 5.74) is 1.04. The first-order valence-corrected chi connectivity index (χ1v) is 3.36. The summed E-state index contributed by atoms with van der Waals surface area (Å²) in [6.45, 7) is 2.94. The van der Waals surface area contributed by atoms with Gasteiger partial charge in [0, 0.05) is 12.2 Å². The van der Waals surface area contributed by atoms with Crippen molar-refractivity contribution in [3.8, 4) is 5.75 Å². The zero-order valence-corrected chi connectivity index (χ0v) is 7.19. The Morgan fingerprint density at radius 1 is 1.27 bits per heavy atom. The molecule has 0 heterocycles. The predicted octanol–water partition coefficient (Wildman–Crippen LogP) is 2.25. The highest BCUT2D eigenvalue weighted by atomic mass is 35.5. The summed E-state index contributed by atoms with van der Waals surface area (Å²) >= 11 is 0. The standard InChI is InChI=1S/C8H11NO.ClH/c1-2-9-7-3-5-8(10)6-4-7;/h3-6,9-10H,2H2,1H3;1H. The molecule has 0 unspecified atom stereocenters. The monoisotopic (exact) mass is 173 g/mol. The van der Waals surface area contributed by atoms with Crippen molar-refractivity contribution >= 4 is 18.1 Å². The number of hydrogen-bond acceptors (Lipinski definition) is 2. The second kappa shape index (κ2) is 4.85. The van der Waals surface area contributed by atoms with E-state index >= 15 is 0 Å². The average molecular weight is 174 g/mol. The first-order chi connectivity index (χ1) is 4.83. The normalized spacial score (nSPS) is 8.45. The topological polar surface area (TPSA) is 32.3 Å². The van der Waals surface area contributed by atoms with Crippen molar-refractivity contribution in [2.75, 3.05) is 11.9 Å². The molecule has 0 aromatic heterocycles. The molecule has 3 heteroatoms. The Bertz CT molecular complexity index is 198. The van der Waals surface area contributed by atoms with Crippen molar-refractivity contribution in [3.05, 3.63) is 24.3 Å². The van der Waals surface area contributed by atoms with Crippen molar-refractivity contribution in [1.82, 2.24) is 0 Å². The molecule has 1 aromatic carbocycles. The summed E-state index contributed by atoms with van der Waals surface area (Å²) < 4.78 is 0. The second-order valence-corrected chi connectivity index (χ2v) is 2.08. The first kappa shape index (κ1) is 10.1. The van der Waals surface area contributed by atoms with E-state index < -0.39 is 0 Å². The quantitative estimate of drug-likeness (QED) is 0.673. The van der Waals surface area contributed by atoms with Crippen LogP contribution >= 0.6 is 12.4 Å². The van der Waals surface area contributed by atoms with Gasteiger partial charge in [0.15, 0.2) is 0 Å². The molecule has 0 aliphatic rings. The highest BCUT2D eigenvalue weighted by Gasteiger charge is 1.87. The van der Waals surface area contributed by atoms with Crippen LogP contribution in [0.1, 0.15) is 6.92 Å². The van der Waals surface area contributed by atoms with E-state index in [0.29, 0.717) is 5.75 Å². The maximum absolute atomic E-state index is 8.90. The summed E-state index contributed by atoms with van der Waals surface area (Å²) in [6.07, 6.45) is 0. The Hall–Kier alpha value is -0.890. The molecule has 0 spiro atoms. The minimum atomic E-state index is 0. The third kappa shape index (κ3) is 3.14. The molecule has 0 radical (unpaired) electrons. The van der Waals surface area contributed by atoms with Crippen molar-refractivity contribution in [1.29, 1.82) is 0 Å². The zero-order valence-electron chi connectivity index (χ0n) is 6.37. The molecule has 11 heavy (non-hydrogen) atoms. The molecule has 0 amide bonds. The van der Waals surface area contributed by atoms with Crippen LogP contribution < -0.4 is 5.32 Å². The number of nitrogens with one attached hydrogen (secondary N) is 1. The number of halogens is 1. The van der Waals surface area contributed by atoms with E-state index in [0.717, 1.165) is 12.2 Å². The lowest BCUT2D eigenvalue weighted by Gasteiger charge is -2.00. The van der Waals surface area contributed by atoms with E-state index in [1.54, 1.807) is 12.1 Å². The number of anilines is 1. The largest absolute Gasteiger partial charge is 0.508 e. The van der Waals surface area contributed by atoms with Gasteiger partial charge in [0.1, 0.15) is 5.75 Å². The molecule has 0 saturated heterocycles. The Kier molecular flexibility index (Phi) is 4.46. The molecular formula is C8H12ClNO. The van der Waals surface area contributed by atoms with Crippen LogP contribution in [0, 0.1) is 0 Å². The number of benzene rings is 1. The summed E-state index contributed by atoms with van der Waals surface area (Å²) in [5.74, 6) is 0.307. The van der Waals surface area contributed by atoms with Gasteiger partial charge in [-0.15, -0.1) is 12.4 Å². The fraction of sp³-hybridized carbons (Fsp3) is 0.250. The van der Waals surface area contributed by atoms with Gasteiger partial charge < -0.3 is 10.4 Å². The molecule has 0 bridgehead atoms. The van der Waals surface area contributed by atoms with Crippen LogP contribution in [0.15, 0.2) is 24.3 Å². The highest BCUT2D eigenvalue weighted by Crippen LogP contribution is 2.12. The molecule has 1 aromatic rings. The highest BCUT2D eigenvalue weighted by molar-refractivity contribution is 5.85. The van der Waals surface area contributed by atoms with E-state index in [9.17, 15) is 0 Å². The Morgan fingerprint density at radius 3 is 2.27 bits per heavy atom. The summed E-state index contributed by atoms with van der Waals surface area (Å²) in [6, 6.07) is 7.02. The maximum Gasteiger partial charge on any atom is 0.115 e. The molecule has 0 fully saturated rings. The molecule has 0 saturated carbocycles. The fourth-order valence-corrected chi connectivity index (χ4v) is 0.783. The van der Waals surface area contributed by atoms with Crippen molar-refractivity contribution < 1.29 is 5.11 Å². The van der Waals surface area contributed by atoms with Crippen LogP contribution in [-0.4, -0.2) is 11.7 Å². The fourth-order valence-electron chi connectivity index (χ4n) is 0.783. The minimum absolute atomic E-state index is 0. The van der Waals surface area contributed by atoms with Gasteiger partial charge in [0.25, 0.3) is 0 Å². The van der Waals surface area contributed by atoms with Gasteiger partial charge in [-0.3, -0.25) is 0 Å². The maximum atomic E-state index is 8.90. The van der Waals surface area contributed by atoms with Crippen LogP contribution in [0.3, 0.4) is 0 Å². The molecular weight excluding hydrogens is 162 g/mol. The number of rotatable bonds is 2. The van der Waals surface area contributed by atoms with Gasteiger partial charge in [-0.2, -0.15) is 0 Å². The molecule has 0 atom stereocenters. The molecule has 2 nitrogen and oxygen atoms in total. The third-order valence-corrected chi connectivity index (χ3v) is 1.25. The second-order valence-electron chi connectivity index (χ2n) is 2.08. The number of aromatic hydroxyl groups is 1. The Labute approximate surface area is 72.7 Å². The van der Waals surface area contributed by atoms with Gasteiger partial charge in [-0.1, -0.05) is 0 Å². The lowest BCUT2D eigenvalue weighted by atomic mass is 10.3. The van der Waals surface area contributed by atoms with Crippen LogP contribution in [0.5, 0.6) is 5.75 Å². The van der Waals surface area contributed by atoms with E-state index in [2.05, 4.69) is 5.32 Å².